The number of carbonyl (C=O) groups is 6. The van der Waals surface area contributed by atoms with Crippen molar-refractivity contribution in [3.8, 4) is 11.5 Å². The molecule has 0 radical (unpaired) electrons. The van der Waals surface area contributed by atoms with Gasteiger partial charge in [-0.05, 0) is 35.6 Å². The van der Waals surface area contributed by atoms with Crippen LogP contribution in [0, 0.1) is 0 Å². The SMILES string of the molecule is CN(CCN(C)C(=O)Oc1cc2c(c3ccccc13)C(/C=C/Cl)CN2C(=O)CCCC(=O)N1C[C@@H](Cl)c2c1cc(O[P+](=O)O)c1ccccc21)C(=O)CCCCCN1C(=O)C=CC1=O. The van der Waals surface area contributed by atoms with Gasteiger partial charge in [0.1, 0.15) is 5.75 Å². The fraction of sp³-hybridized carbons (Fsp3) is 0.348. The highest BCUT2D eigenvalue weighted by molar-refractivity contribution is 7.32. The van der Waals surface area contributed by atoms with Crippen LogP contribution in [0.15, 0.2) is 84.4 Å². The summed E-state index contributed by atoms with van der Waals surface area (Å²) in [4.78, 5) is 94.4. The van der Waals surface area contributed by atoms with E-state index in [2.05, 4.69) is 0 Å². The number of rotatable bonds is 17. The highest BCUT2D eigenvalue weighted by atomic mass is 35.5. The molecule has 15 nitrogen and oxygen atoms in total. The Morgan fingerprint density at radius 3 is 1.97 bits per heavy atom. The number of carbonyl (C=O) groups excluding carboxylic acids is 6. The van der Waals surface area contributed by atoms with Crippen LogP contribution in [0.3, 0.4) is 0 Å². The van der Waals surface area contributed by atoms with Gasteiger partial charge in [-0.2, -0.15) is 0 Å². The first-order valence-corrected chi connectivity index (χ1v) is 22.9. The maximum absolute atomic E-state index is 14.0. The fourth-order valence-corrected chi connectivity index (χ4v) is 9.34. The van der Waals surface area contributed by atoms with Crippen LogP contribution in [0.2, 0.25) is 0 Å². The maximum Gasteiger partial charge on any atom is 0.747 e. The quantitative estimate of drug-likeness (QED) is 0.0472. The molecule has 7 rings (SSSR count). The summed E-state index contributed by atoms with van der Waals surface area (Å²) in [5.74, 6) is -1.11. The third kappa shape index (κ3) is 9.93. The third-order valence-electron chi connectivity index (χ3n) is 11.8. The number of imide groups is 1. The number of ether oxygens (including phenoxy) is 1. The van der Waals surface area contributed by atoms with Crippen molar-refractivity contribution in [2.45, 2.75) is 56.2 Å². The number of amides is 6. The van der Waals surface area contributed by atoms with E-state index in [1.54, 1.807) is 54.2 Å². The molecule has 4 aromatic rings. The second-order valence-electron chi connectivity index (χ2n) is 15.9. The molecule has 0 spiro atoms. The van der Waals surface area contributed by atoms with E-state index < -0.39 is 19.7 Å². The number of halogens is 2. The van der Waals surface area contributed by atoms with Crippen LogP contribution < -0.4 is 19.1 Å². The first-order chi connectivity index (χ1) is 30.8. The van der Waals surface area contributed by atoms with Gasteiger partial charge in [-0.1, -0.05) is 72.6 Å². The minimum atomic E-state index is -2.97. The average molecular weight is 932 g/mol. The zero-order valence-corrected chi connectivity index (χ0v) is 37.7. The van der Waals surface area contributed by atoms with Crippen LogP contribution in [-0.4, -0.2) is 102 Å². The molecule has 3 heterocycles. The summed E-state index contributed by atoms with van der Waals surface area (Å²) in [7, 11) is 0.269. The minimum absolute atomic E-state index is 0.0226. The Balaban J connectivity index is 0.979. The van der Waals surface area contributed by atoms with E-state index in [4.69, 9.17) is 32.5 Å². The second kappa shape index (κ2) is 20.3. The molecule has 0 saturated carbocycles. The Morgan fingerprint density at radius 1 is 0.766 bits per heavy atom. The molecule has 0 fully saturated rings. The van der Waals surface area contributed by atoms with Crippen molar-refractivity contribution in [2.24, 2.45) is 0 Å². The molecule has 18 heteroatoms. The second-order valence-corrected chi connectivity index (χ2v) is 17.3. The molecule has 3 atom stereocenters. The van der Waals surface area contributed by atoms with Crippen molar-refractivity contribution in [3.63, 3.8) is 0 Å². The highest BCUT2D eigenvalue weighted by Crippen LogP contribution is 2.49. The average Bonchev–Trinajstić information content (AvgIpc) is 3.93. The van der Waals surface area contributed by atoms with Gasteiger partial charge >= 0.3 is 14.3 Å². The summed E-state index contributed by atoms with van der Waals surface area (Å²) in [6, 6.07) is 17.8. The molecule has 2 unspecified atom stereocenters. The number of likely N-dealkylation sites (N-methyl/N-ethyl adjacent to an activating group) is 2. The maximum atomic E-state index is 14.0. The number of anilines is 2. The summed E-state index contributed by atoms with van der Waals surface area (Å²) >= 11 is 12.9. The van der Waals surface area contributed by atoms with Crippen LogP contribution in [0.1, 0.15) is 67.4 Å². The van der Waals surface area contributed by atoms with Gasteiger partial charge < -0.3 is 24.3 Å². The molecule has 64 heavy (non-hydrogen) atoms. The summed E-state index contributed by atoms with van der Waals surface area (Å²) in [5, 5.41) is 2.22. The number of hydrogen-bond donors (Lipinski definition) is 1. The smallest absolute Gasteiger partial charge is 0.409 e. The number of unbranched alkanes of at least 4 members (excludes halogenated alkanes) is 2. The van der Waals surface area contributed by atoms with Crippen molar-refractivity contribution in [2.75, 3.05) is 56.6 Å². The summed E-state index contributed by atoms with van der Waals surface area (Å²) in [5.41, 5.74) is 4.02. The van der Waals surface area contributed by atoms with Crippen molar-refractivity contribution >= 4 is 100 Å². The van der Waals surface area contributed by atoms with E-state index in [1.807, 2.05) is 36.4 Å². The largest absolute Gasteiger partial charge is 0.747 e. The Hall–Kier alpha value is -5.86. The molecule has 0 saturated heterocycles. The fourth-order valence-electron chi connectivity index (χ4n) is 8.48. The number of fused-ring (bicyclic) bond motifs is 6. The lowest BCUT2D eigenvalue weighted by Gasteiger charge is -2.23. The lowest BCUT2D eigenvalue weighted by atomic mass is 9.94. The number of hydrogen-bond acceptors (Lipinski definition) is 9. The zero-order chi connectivity index (χ0) is 45.7. The topological polar surface area (TPSA) is 174 Å². The molecule has 334 valence electrons. The van der Waals surface area contributed by atoms with Gasteiger partial charge in [0.25, 0.3) is 11.8 Å². The van der Waals surface area contributed by atoms with E-state index in [1.165, 1.54) is 32.4 Å². The van der Waals surface area contributed by atoms with E-state index >= 15 is 0 Å². The molecular weight excluding hydrogens is 884 g/mol. The van der Waals surface area contributed by atoms with Crippen LogP contribution >= 0.6 is 31.5 Å². The summed E-state index contributed by atoms with van der Waals surface area (Å²) in [6.07, 6.45) is 6.06. The van der Waals surface area contributed by atoms with Gasteiger partial charge in [0, 0.05) is 123 Å². The molecule has 3 aliphatic heterocycles. The normalized spacial score (nSPS) is 16.8. The van der Waals surface area contributed by atoms with Crippen LogP contribution in [0.4, 0.5) is 16.2 Å². The predicted octanol–water partition coefficient (Wildman–Crippen LogP) is 8.08. The highest BCUT2D eigenvalue weighted by Gasteiger charge is 2.37. The summed E-state index contributed by atoms with van der Waals surface area (Å²) < 4.78 is 22.9. The van der Waals surface area contributed by atoms with Crippen LogP contribution in [0.5, 0.6) is 11.5 Å². The van der Waals surface area contributed by atoms with Gasteiger partial charge in [0.05, 0.1) is 16.8 Å². The van der Waals surface area contributed by atoms with E-state index in [0.29, 0.717) is 53.3 Å². The van der Waals surface area contributed by atoms with Gasteiger partial charge in [-0.15, -0.1) is 16.5 Å². The molecular formula is C46H47Cl2N5O10P+. The Labute approximate surface area is 380 Å². The summed E-state index contributed by atoms with van der Waals surface area (Å²) in [6.45, 7) is 1.21. The lowest BCUT2D eigenvalue weighted by Crippen LogP contribution is -2.38. The van der Waals surface area contributed by atoms with Gasteiger partial charge in [0.15, 0.2) is 5.75 Å². The third-order valence-corrected chi connectivity index (χ3v) is 12.6. The standard InChI is InChI=1S/C46H46Cl2N5O10P/c1-49(39(54)15-4-3-9-22-51-42(57)18-19-43(51)58)23-24-50(2)46(59)62-37-25-35-44(32-13-7-5-11-30(32)37)29(20-21-47)27-52(35)40(55)16-10-17-41(56)53-28-34(48)45-33-14-8-6-12-31(33)38(26-36(45)53)63-64(60)61/h5-8,11-14,18-21,25-26,29,34H,3-4,9-10,15-17,22-24,27-28H2,1-2H3/p+1/b21-20+/t29?,34-/m1/s1. The van der Waals surface area contributed by atoms with Crippen molar-refractivity contribution in [3.05, 3.63) is 95.6 Å². The number of nitrogens with zero attached hydrogens (tertiary/aromatic N) is 5. The predicted molar refractivity (Wildman–Crippen MR) is 244 cm³/mol. The molecule has 0 aromatic heterocycles. The first kappa shape index (κ1) is 46.1. The van der Waals surface area contributed by atoms with Gasteiger partial charge in [-0.3, -0.25) is 28.9 Å². The Morgan fingerprint density at radius 2 is 1.33 bits per heavy atom. The zero-order valence-electron chi connectivity index (χ0n) is 35.3. The minimum Gasteiger partial charge on any atom is -0.409 e. The Bertz CT molecular complexity index is 2590. The number of alkyl halides is 1. The van der Waals surface area contributed by atoms with E-state index in [0.717, 1.165) is 16.5 Å². The van der Waals surface area contributed by atoms with Crippen molar-refractivity contribution in [1.29, 1.82) is 0 Å². The van der Waals surface area contributed by atoms with Crippen molar-refractivity contribution in [1.82, 2.24) is 14.7 Å². The van der Waals surface area contributed by atoms with Crippen LogP contribution in [-0.2, 0) is 28.5 Å². The van der Waals surface area contributed by atoms with Crippen molar-refractivity contribution < 1.29 is 47.5 Å². The number of benzene rings is 4. The molecule has 0 aliphatic carbocycles. The Kier molecular flexibility index (Phi) is 14.7. The van der Waals surface area contributed by atoms with Crippen LogP contribution in [0.25, 0.3) is 21.5 Å². The molecule has 1 N–H and O–H groups in total. The molecule has 0 bridgehead atoms. The van der Waals surface area contributed by atoms with Gasteiger partial charge in [0.2, 0.25) is 17.7 Å². The van der Waals surface area contributed by atoms with Gasteiger partial charge in [-0.25, -0.2) is 9.32 Å². The molecule has 3 aliphatic rings. The monoisotopic (exact) mass is 930 g/mol. The van der Waals surface area contributed by atoms with E-state index in [9.17, 15) is 38.2 Å². The first-order valence-electron chi connectivity index (χ1n) is 20.9. The molecule has 6 amide bonds. The van der Waals surface area contributed by atoms with E-state index in [-0.39, 0.29) is 98.8 Å². The molecule has 4 aromatic carbocycles. The lowest BCUT2D eigenvalue weighted by molar-refractivity contribution is -0.137.